The van der Waals surface area contributed by atoms with Gasteiger partial charge in [-0.15, -0.1) is 0 Å². The summed E-state index contributed by atoms with van der Waals surface area (Å²) in [6.07, 6.45) is 2.89. The molecule has 1 aromatic rings. The standard InChI is InChI=1S/C14H23NO/c1-12(15-11-10-13(2)16)8-9-14-6-4-3-5-7-14/h3-7,12-13,15-16H,8-11H2,1-2H3. The van der Waals surface area contributed by atoms with Gasteiger partial charge in [0.1, 0.15) is 0 Å². The zero-order valence-electron chi connectivity index (χ0n) is 10.3. The molecule has 0 bridgehead atoms. The second kappa shape index (κ2) is 7.42. The van der Waals surface area contributed by atoms with E-state index in [9.17, 15) is 0 Å². The van der Waals surface area contributed by atoms with Crippen molar-refractivity contribution >= 4 is 0 Å². The Hall–Kier alpha value is -0.860. The molecule has 1 rings (SSSR count). The molecule has 90 valence electrons. The molecule has 0 radical (unpaired) electrons. The number of rotatable bonds is 7. The van der Waals surface area contributed by atoms with Crippen molar-refractivity contribution in [3.05, 3.63) is 35.9 Å². The van der Waals surface area contributed by atoms with E-state index < -0.39 is 0 Å². The Labute approximate surface area is 98.7 Å². The summed E-state index contributed by atoms with van der Waals surface area (Å²) in [4.78, 5) is 0. The zero-order valence-corrected chi connectivity index (χ0v) is 10.3. The molecule has 0 saturated carbocycles. The van der Waals surface area contributed by atoms with Gasteiger partial charge < -0.3 is 10.4 Å². The summed E-state index contributed by atoms with van der Waals surface area (Å²) >= 11 is 0. The summed E-state index contributed by atoms with van der Waals surface area (Å²) in [7, 11) is 0. The average molecular weight is 221 g/mol. The quantitative estimate of drug-likeness (QED) is 0.741. The monoisotopic (exact) mass is 221 g/mol. The lowest BCUT2D eigenvalue weighted by Crippen LogP contribution is -2.29. The second-order valence-corrected chi connectivity index (χ2v) is 4.52. The number of hydrogen-bond acceptors (Lipinski definition) is 2. The molecule has 2 unspecified atom stereocenters. The number of hydrogen-bond donors (Lipinski definition) is 2. The Morgan fingerprint density at radius 1 is 1.12 bits per heavy atom. The summed E-state index contributed by atoms with van der Waals surface area (Å²) in [5.74, 6) is 0. The van der Waals surface area contributed by atoms with Crippen molar-refractivity contribution in [2.45, 2.75) is 45.3 Å². The first-order chi connectivity index (χ1) is 7.68. The van der Waals surface area contributed by atoms with Gasteiger partial charge in [-0.05, 0) is 45.2 Å². The Bertz CT molecular complexity index is 271. The van der Waals surface area contributed by atoms with Crippen LogP contribution < -0.4 is 5.32 Å². The van der Waals surface area contributed by atoms with E-state index in [0.717, 1.165) is 25.8 Å². The third-order valence-electron chi connectivity index (χ3n) is 2.76. The smallest absolute Gasteiger partial charge is 0.0524 e. The summed E-state index contributed by atoms with van der Waals surface area (Å²) in [6.45, 7) is 4.93. The first-order valence-electron chi connectivity index (χ1n) is 6.14. The molecule has 0 saturated heterocycles. The van der Waals surface area contributed by atoms with Crippen molar-refractivity contribution < 1.29 is 5.11 Å². The van der Waals surface area contributed by atoms with Crippen LogP contribution in [0.2, 0.25) is 0 Å². The van der Waals surface area contributed by atoms with Crippen LogP contribution in [0.5, 0.6) is 0 Å². The first kappa shape index (κ1) is 13.2. The molecule has 0 aliphatic heterocycles. The van der Waals surface area contributed by atoms with Gasteiger partial charge in [0.25, 0.3) is 0 Å². The van der Waals surface area contributed by atoms with Crippen LogP contribution in [0.4, 0.5) is 0 Å². The second-order valence-electron chi connectivity index (χ2n) is 4.52. The molecule has 2 N–H and O–H groups in total. The molecule has 1 aromatic carbocycles. The van der Waals surface area contributed by atoms with Crippen molar-refractivity contribution in [2.75, 3.05) is 6.54 Å². The number of aliphatic hydroxyl groups excluding tert-OH is 1. The van der Waals surface area contributed by atoms with E-state index in [1.807, 2.05) is 13.0 Å². The Morgan fingerprint density at radius 3 is 2.44 bits per heavy atom. The largest absolute Gasteiger partial charge is 0.393 e. The van der Waals surface area contributed by atoms with Crippen LogP contribution in [0.15, 0.2) is 30.3 Å². The van der Waals surface area contributed by atoms with Crippen molar-refractivity contribution in [3.63, 3.8) is 0 Å². The van der Waals surface area contributed by atoms with Gasteiger partial charge in [-0.25, -0.2) is 0 Å². The topological polar surface area (TPSA) is 32.3 Å². The minimum atomic E-state index is -0.200. The molecule has 0 fully saturated rings. The van der Waals surface area contributed by atoms with Gasteiger partial charge in [0.2, 0.25) is 0 Å². The molecule has 0 aliphatic rings. The number of aliphatic hydroxyl groups is 1. The molecule has 0 aliphatic carbocycles. The predicted molar refractivity (Wildman–Crippen MR) is 68.5 cm³/mol. The van der Waals surface area contributed by atoms with E-state index in [4.69, 9.17) is 5.11 Å². The van der Waals surface area contributed by atoms with Crippen molar-refractivity contribution in [3.8, 4) is 0 Å². The first-order valence-corrected chi connectivity index (χ1v) is 6.14. The number of aryl methyl sites for hydroxylation is 1. The number of benzene rings is 1. The Morgan fingerprint density at radius 2 is 1.81 bits per heavy atom. The predicted octanol–water partition coefficient (Wildman–Crippen LogP) is 2.37. The maximum atomic E-state index is 9.13. The minimum absolute atomic E-state index is 0.200. The van der Waals surface area contributed by atoms with Crippen molar-refractivity contribution in [2.24, 2.45) is 0 Å². The van der Waals surface area contributed by atoms with Gasteiger partial charge in [0.15, 0.2) is 0 Å². The van der Waals surface area contributed by atoms with Gasteiger partial charge in [0, 0.05) is 6.04 Å². The highest BCUT2D eigenvalue weighted by Crippen LogP contribution is 2.04. The maximum Gasteiger partial charge on any atom is 0.0524 e. The van der Waals surface area contributed by atoms with Gasteiger partial charge in [-0.3, -0.25) is 0 Å². The van der Waals surface area contributed by atoms with Crippen LogP contribution in [0.25, 0.3) is 0 Å². The van der Waals surface area contributed by atoms with Gasteiger partial charge in [-0.2, -0.15) is 0 Å². The summed E-state index contributed by atoms with van der Waals surface area (Å²) in [5.41, 5.74) is 1.40. The highest BCUT2D eigenvalue weighted by molar-refractivity contribution is 5.14. The molecule has 0 aromatic heterocycles. The van der Waals surface area contributed by atoms with Gasteiger partial charge >= 0.3 is 0 Å². The van der Waals surface area contributed by atoms with Crippen LogP contribution in [0.3, 0.4) is 0 Å². The van der Waals surface area contributed by atoms with E-state index in [0.29, 0.717) is 6.04 Å². The van der Waals surface area contributed by atoms with E-state index in [1.165, 1.54) is 5.56 Å². The normalized spacial score (nSPS) is 14.7. The number of nitrogens with one attached hydrogen (secondary N) is 1. The van der Waals surface area contributed by atoms with Crippen LogP contribution >= 0.6 is 0 Å². The van der Waals surface area contributed by atoms with E-state index in [1.54, 1.807) is 0 Å². The fourth-order valence-electron chi connectivity index (χ4n) is 1.67. The van der Waals surface area contributed by atoms with E-state index >= 15 is 0 Å². The Kier molecular flexibility index (Phi) is 6.12. The lowest BCUT2D eigenvalue weighted by molar-refractivity contribution is 0.182. The molecule has 2 nitrogen and oxygen atoms in total. The van der Waals surface area contributed by atoms with E-state index in [-0.39, 0.29) is 6.10 Å². The van der Waals surface area contributed by atoms with Crippen LogP contribution in [0, 0.1) is 0 Å². The van der Waals surface area contributed by atoms with Crippen molar-refractivity contribution in [1.82, 2.24) is 5.32 Å². The van der Waals surface area contributed by atoms with Crippen LogP contribution in [-0.2, 0) is 6.42 Å². The maximum absolute atomic E-state index is 9.13. The third kappa shape index (κ3) is 5.89. The highest BCUT2D eigenvalue weighted by atomic mass is 16.3. The molecule has 16 heavy (non-hydrogen) atoms. The Balaban J connectivity index is 2.13. The fraction of sp³-hybridized carbons (Fsp3) is 0.571. The van der Waals surface area contributed by atoms with E-state index in [2.05, 4.69) is 36.5 Å². The molecular weight excluding hydrogens is 198 g/mol. The van der Waals surface area contributed by atoms with Gasteiger partial charge in [-0.1, -0.05) is 30.3 Å². The third-order valence-corrected chi connectivity index (χ3v) is 2.76. The molecule has 2 atom stereocenters. The molecule has 0 heterocycles. The zero-order chi connectivity index (χ0) is 11.8. The van der Waals surface area contributed by atoms with Crippen LogP contribution in [-0.4, -0.2) is 23.8 Å². The highest BCUT2D eigenvalue weighted by Gasteiger charge is 2.02. The lowest BCUT2D eigenvalue weighted by Gasteiger charge is -2.14. The van der Waals surface area contributed by atoms with Crippen LogP contribution in [0.1, 0.15) is 32.3 Å². The summed E-state index contributed by atoms with van der Waals surface area (Å²) < 4.78 is 0. The summed E-state index contributed by atoms with van der Waals surface area (Å²) in [5, 5.41) is 12.6. The minimum Gasteiger partial charge on any atom is -0.393 e. The molecular formula is C14H23NO. The van der Waals surface area contributed by atoms with Crippen molar-refractivity contribution in [1.29, 1.82) is 0 Å². The SMILES string of the molecule is CC(O)CCNC(C)CCc1ccccc1. The fourth-order valence-corrected chi connectivity index (χ4v) is 1.67. The average Bonchev–Trinajstić information content (AvgIpc) is 2.27. The lowest BCUT2D eigenvalue weighted by atomic mass is 10.1. The molecule has 2 heteroatoms. The van der Waals surface area contributed by atoms with Gasteiger partial charge in [0.05, 0.1) is 6.10 Å². The molecule has 0 spiro atoms. The summed E-state index contributed by atoms with van der Waals surface area (Å²) in [6, 6.07) is 11.1. The molecule has 0 amide bonds.